The van der Waals surface area contributed by atoms with Crippen LogP contribution in [0.15, 0.2) is 22.7 Å². The number of amides is 1. The number of rotatable bonds is 3. The third-order valence-corrected chi connectivity index (χ3v) is 2.69. The standard InChI is InChI=1S/C11H11BrFNO3/c1-6(11(16)17-2)14-10(15)7-3-4-9(13)8(12)5-7/h3-6H,1-2H3,(H,14,15). The van der Waals surface area contributed by atoms with Crippen molar-refractivity contribution in [3.8, 4) is 0 Å². The molecule has 0 saturated carbocycles. The Morgan fingerprint density at radius 3 is 2.65 bits per heavy atom. The average molecular weight is 304 g/mol. The van der Waals surface area contributed by atoms with Crippen molar-refractivity contribution in [2.75, 3.05) is 7.11 Å². The first-order chi connectivity index (χ1) is 7.95. The van der Waals surface area contributed by atoms with E-state index in [-0.39, 0.29) is 10.0 Å². The van der Waals surface area contributed by atoms with Crippen LogP contribution in [0.3, 0.4) is 0 Å². The quantitative estimate of drug-likeness (QED) is 0.868. The smallest absolute Gasteiger partial charge is 0.328 e. The molecule has 6 heteroatoms. The first-order valence-electron chi connectivity index (χ1n) is 4.79. The zero-order chi connectivity index (χ0) is 13.0. The molecular weight excluding hydrogens is 293 g/mol. The highest BCUT2D eigenvalue weighted by Gasteiger charge is 2.17. The normalized spacial score (nSPS) is 11.8. The minimum atomic E-state index is -0.753. The summed E-state index contributed by atoms with van der Waals surface area (Å²) in [5.74, 6) is -1.47. The van der Waals surface area contributed by atoms with Crippen molar-refractivity contribution in [2.24, 2.45) is 0 Å². The van der Waals surface area contributed by atoms with Gasteiger partial charge in [-0.05, 0) is 41.1 Å². The highest BCUT2D eigenvalue weighted by molar-refractivity contribution is 9.10. The first-order valence-corrected chi connectivity index (χ1v) is 5.58. The molecule has 4 nitrogen and oxygen atoms in total. The molecule has 0 saturated heterocycles. The van der Waals surface area contributed by atoms with Crippen LogP contribution in [0, 0.1) is 5.82 Å². The summed E-state index contributed by atoms with van der Waals surface area (Å²) in [6, 6.07) is 3.09. The lowest BCUT2D eigenvalue weighted by molar-refractivity contribution is -0.142. The zero-order valence-electron chi connectivity index (χ0n) is 9.29. The molecule has 0 radical (unpaired) electrons. The van der Waals surface area contributed by atoms with Gasteiger partial charge < -0.3 is 10.1 Å². The van der Waals surface area contributed by atoms with Gasteiger partial charge in [0.15, 0.2) is 0 Å². The van der Waals surface area contributed by atoms with Gasteiger partial charge in [0.25, 0.3) is 5.91 Å². The molecule has 1 atom stereocenters. The molecule has 1 aromatic carbocycles. The molecule has 17 heavy (non-hydrogen) atoms. The molecule has 1 aromatic rings. The first kappa shape index (κ1) is 13.6. The van der Waals surface area contributed by atoms with E-state index < -0.39 is 23.7 Å². The number of esters is 1. The van der Waals surface area contributed by atoms with Crippen molar-refractivity contribution >= 4 is 27.8 Å². The fraction of sp³-hybridized carbons (Fsp3) is 0.273. The number of carbonyl (C=O) groups excluding carboxylic acids is 2. The molecule has 1 rings (SSSR count). The van der Waals surface area contributed by atoms with Crippen LogP contribution in [-0.4, -0.2) is 25.0 Å². The second-order valence-corrected chi connectivity index (χ2v) is 4.20. The van der Waals surface area contributed by atoms with Crippen LogP contribution in [0.4, 0.5) is 4.39 Å². The summed E-state index contributed by atoms with van der Waals surface area (Å²) in [5, 5.41) is 2.44. The van der Waals surface area contributed by atoms with Gasteiger partial charge in [-0.25, -0.2) is 9.18 Å². The second kappa shape index (κ2) is 5.77. The number of carbonyl (C=O) groups is 2. The van der Waals surface area contributed by atoms with Gasteiger partial charge in [-0.1, -0.05) is 0 Å². The number of nitrogens with one attached hydrogen (secondary N) is 1. The summed E-state index contributed by atoms with van der Waals surface area (Å²) in [4.78, 5) is 22.8. The van der Waals surface area contributed by atoms with E-state index in [0.29, 0.717) is 0 Å². The largest absolute Gasteiger partial charge is 0.467 e. The molecule has 0 aliphatic heterocycles. The van der Waals surface area contributed by atoms with Gasteiger partial charge in [0.1, 0.15) is 11.9 Å². The molecule has 92 valence electrons. The number of halogens is 2. The molecule has 1 N–H and O–H groups in total. The number of hydrogen-bond acceptors (Lipinski definition) is 3. The number of methoxy groups -OCH3 is 1. The Morgan fingerprint density at radius 1 is 1.47 bits per heavy atom. The lowest BCUT2D eigenvalue weighted by Crippen LogP contribution is -2.39. The summed E-state index contributed by atoms with van der Waals surface area (Å²) < 4.78 is 17.6. The maximum atomic E-state index is 13.0. The van der Waals surface area contributed by atoms with Crippen molar-refractivity contribution in [3.63, 3.8) is 0 Å². The monoisotopic (exact) mass is 303 g/mol. The summed E-state index contributed by atoms with van der Waals surface area (Å²) in [6.45, 7) is 1.50. The van der Waals surface area contributed by atoms with Crippen LogP contribution >= 0.6 is 15.9 Å². The number of benzene rings is 1. The van der Waals surface area contributed by atoms with E-state index in [0.717, 1.165) is 0 Å². The molecule has 0 bridgehead atoms. The van der Waals surface area contributed by atoms with Gasteiger partial charge in [0.05, 0.1) is 11.6 Å². The molecular formula is C11H11BrFNO3. The van der Waals surface area contributed by atoms with Gasteiger partial charge in [-0.2, -0.15) is 0 Å². The van der Waals surface area contributed by atoms with Crippen LogP contribution < -0.4 is 5.32 Å². The van der Waals surface area contributed by atoms with E-state index >= 15 is 0 Å². The Bertz CT molecular complexity index is 450. The summed E-state index contributed by atoms with van der Waals surface area (Å²) in [5.41, 5.74) is 0.258. The second-order valence-electron chi connectivity index (χ2n) is 3.35. The SMILES string of the molecule is COC(=O)C(C)NC(=O)c1ccc(F)c(Br)c1. The minimum absolute atomic E-state index is 0.191. The third kappa shape index (κ3) is 3.52. The number of hydrogen-bond donors (Lipinski definition) is 1. The molecule has 0 aliphatic carbocycles. The molecule has 1 amide bonds. The highest BCUT2D eigenvalue weighted by Crippen LogP contribution is 2.16. The predicted molar refractivity (Wildman–Crippen MR) is 63.0 cm³/mol. The van der Waals surface area contributed by atoms with Crippen molar-refractivity contribution in [2.45, 2.75) is 13.0 Å². The summed E-state index contributed by atoms with van der Waals surface area (Å²) >= 11 is 2.98. The van der Waals surface area contributed by atoms with Crippen LogP contribution in [-0.2, 0) is 9.53 Å². The maximum Gasteiger partial charge on any atom is 0.328 e. The Labute approximate surface area is 106 Å². The van der Waals surface area contributed by atoms with Crippen molar-refractivity contribution in [1.82, 2.24) is 5.32 Å². The van der Waals surface area contributed by atoms with Gasteiger partial charge in [0.2, 0.25) is 0 Å². The van der Waals surface area contributed by atoms with E-state index in [4.69, 9.17) is 0 Å². The van der Waals surface area contributed by atoms with Crippen molar-refractivity contribution in [3.05, 3.63) is 34.1 Å². The molecule has 0 heterocycles. The van der Waals surface area contributed by atoms with E-state index in [1.54, 1.807) is 0 Å². The van der Waals surface area contributed by atoms with Crippen molar-refractivity contribution < 1.29 is 18.7 Å². The Kier molecular flexibility index (Phi) is 4.62. The van der Waals surface area contributed by atoms with Gasteiger partial charge in [-0.3, -0.25) is 4.79 Å². The van der Waals surface area contributed by atoms with E-state index in [1.807, 2.05) is 0 Å². The van der Waals surface area contributed by atoms with E-state index in [2.05, 4.69) is 26.0 Å². The molecule has 0 spiro atoms. The predicted octanol–water partition coefficient (Wildman–Crippen LogP) is 1.88. The zero-order valence-corrected chi connectivity index (χ0v) is 10.9. The lowest BCUT2D eigenvalue weighted by Gasteiger charge is -2.11. The van der Waals surface area contributed by atoms with E-state index in [9.17, 15) is 14.0 Å². The molecule has 1 unspecified atom stereocenters. The van der Waals surface area contributed by atoms with Crippen molar-refractivity contribution in [1.29, 1.82) is 0 Å². The van der Waals surface area contributed by atoms with Crippen LogP contribution in [0.25, 0.3) is 0 Å². The van der Waals surface area contributed by atoms with Gasteiger partial charge in [0, 0.05) is 5.56 Å². The number of ether oxygens (including phenoxy) is 1. The van der Waals surface area contributed by atoms with Crippen LogP contribution in [0.2, 0.25) is 0 Å². The molecule has 0 aliphatic rings. The summed E-state index contributed by atoms with van der Waals surface area (Å²) in [7, 11) is 1.24. The highest BCUT2D eigenvalue weighted by atomic mass is 79.9. The van der Waals surface area contributed by atoms with E-state index in [1.165, 1.54) is 32.2 Å². The topological polar surface area (TPSA) is 55.4 Å². The Morgan fingerprint density at radius 2 is 2.12 bits per heavy atom. The molecule has 0 fully saturated rings. The Hall–Kier alpha value is -1.43. The van der Waals surface area contributed by atoms with Crippen LogP contribution in [0.1, 0.15) is 17.3 Å². The fourth-order valence-corrected chi connectivity index (χ4v) is 1.53. The van der Waals surface area contributed by atoms with Gasteiger partial charge in [-0.15, -0.1) is 0 Å². The third-order valence-electron chi connectivity index (χ3n) is 2.08. The van der Waals surface area contributed by atoms with Crippen LogP contribution in [0.5, 0.6) is 0 Å². The Balaban J connectivity index is 2.76. The summed E-state index contributed by atoms with van der Waals surface area (Å²) in [6.07, 6.45) is 0. The maximum absolute atomic E-state index is 13.0. The average Bonchev–Trinajstić information content (AvgIpc) is 2.31. The lowest BCUT2D eigenvalue weighted by atomic mass is 10.2. The fourth-order valence-electron chi connectivity index (χ4n) is 1.15. The minimum Gasteiger partial charge on any atom is -0.467 e. The molecule has 0 aromatic heterocycles. The van der Waals surface area contributed by atoms with Gasteiger partial charge >= 0.3 is 5.97 Å².